The van der Waals surface area contributed by atoms with Gasteiger partial charge in [-0.25, -0.2) is 4.68 Å². The first-order chi connectivity index (χ1) is 11.2. The maximum Gasteiger partial charge on any atom is 0.271 e. The molecule has 0 saturated carbocycles. The quantitative estimate of drug-likeness (QED) is 0.881. The Kier molecular flexibility index (Phi) is 4.62. The van der Waals surface area contributed by atoms with Crippen LogP contribution in [0.2, 0.25) is 0 Å². The third-order valence-electron chi connectivity index (χ3n) is 4.07. The lowest BCUT2D eigenvalue weighted by molar-refractivity contribution is 0.0945. The number of carbonyl (C=O) groups excluding carboxylic acids is 1. The number of amides is 1. The number of hydrogen-bond donors (Lipinski definition) is 2. The average molecular weight is 314 g/mol. The summed E-state index contributed by atoms with van der Waals surface area (Å²) < 4.78 is 7.04. The first kappa shape index (κ1) is 15.6. The van der Waals surface area contributed by atoms with Gasteiger partial charge in [-0.15, -0.1) is 0 Å². The zero-order chi connectivity index (χ0) is 16.2. The van der Waals surface area contributed by atoms with E-state index in [2.05, 4.69) is 15.7 Å². The highest BCUT2D eigenvalue weighted by Crippen LogP contribution is 2.23. The molecule has 1 aliphatic rings. The van der Waals surface area contributed by atoms with Crippen molar-refractivity contribution in [2.45, 2.75) is 25.8 Å². The Bertz CT molecular complexity index is 690. The summed E-state index contributed by atoms with van der Waals surface area (Å²) >= 11 is 0. The van der Waals surface area contributed by atoms with Crippen molar-refractivity contribution in [3.63, 3.8) is 0 Å². The number of carbonyl (C=O) groups is 1. The van der Waals surface area contributed by atoms with E-state index in [9.17, 15) is 4.79 Å². The normalized spacial score (nSPS) is 17.2. The van der Waals surface area contributed by atoms with Gasteiger partial charge in [-0.2, -0.15) is 5.10 Å². The number of hydrogen-bond acceptors (Lipinski definition) is 4. The molecular weight excluding hydrogens is 292 g/mol. The second-order valence-corrected chi connectivity index (χ2v) is 5.82. The first-order valence-corrected chi connectivity index (χ1v) is 7.89. The average Bonchev–Trinajstić information content (AvgIpc) is 3.24. The molecule has 1 aromatic carbocycles. The Balaban J connectivity index is 1.72. The molecule has 0 spiro atoms. The van der Waals surface area contributed by atoms with Gasteiger partial charge in [-0.3, -0.25) is 4.79 Å². The maximum absolute atomic E-state index is 12.2. The molecule has 3 rings (SSSR count). The molecule has 6 nitrogen and oxygen atoms in total. The van der Waals surface area contributed by atoms with Crippen molar-refractivity contribution >= 4 is 5.91 Å². The van der Waals surface area contributed by atoms with Crippen LogP contribution in [0.4, 0.5) is 0 Å². The van der Waals surface area contributed by atoms with Gasteiger partial charge < -0.3 is 15.4 Å². The second kappa shape index (κ2) is 6.83. The van der Waals surface area contributed by atoms with E-state index in [1.54, 1.807) is 24.1 Å². The predicted octanol–water partition coefficient (Wildman–Crippen LogP) is 1.67. The summed E-state index contributed by atoms with van der Waals surface area (Å²) in [7, 11) is 1.62. The zero-order valence-corrected chi connectivity index (χ0v) is 13.5. The van der Waals surface area contributed by atoms with E-state index in [1.807, 2.05) is 25.1 Å². The van der Waals surface area contributed by atoms with Crippen molar-refractivity contribution in [2.75, 3.05) is 20.2 Å². The third kappa shape index (κ3) is 3.53. The van der Waals surface area contributed by atoms with Crippen LogP contribution in [0.3, 0.4) is 0 Å². The van der Waals surface area contributed by atoms with Gasteiger partial charge >= 0.3 is 0 Å². The number of ether oxygens (including phenoxy) is 1. The molecule has 0 radical (unpaired) electrons. The molecule has 122 valence electrons. The largest absolute Gasteiger partial charge is 0.494 e. The second-order valence-electron chi connectivity index (χ2n) is 5.82. The lowest BCUT2D eigenvalue weighted by atomic mass is 10.2. The zero-order valence-electron chi connectivity index (χ0n) is 13.5. The van der Waals surface area contributed by atoms with Crippen molar-refractivity contribution < 1.29 is 9.53 Å². The van der Waals surface area contributed by atoms with Crippen molar-refractivity contribution in [2.24, 2.45) is 0 Å². The lowest BCUT2D eigenvalue weighted by Gasteiger charge is -2.11. The van der Waals surface area contributed by atoms with E-state index in [0.717, 1.165) is 30.0 Å². The van der Waals surface area contributed by atoms with E-state index >= 15 is 0 Å². The standard InChI is InChI=1S/C17H22N4O2/c1-12-5-6-16(23-2)15(10-12)21-9-7-14(20-21)17(22)19-11-13-4-3-8-18-13/h5-7,9-10,13,18H,3-4,8,11H2,1-2H3,(H,19,22). The SMILES string of the molecule is COc1ccc(C)cc1-n1ccc(C(=O)NCC2CCCN2)n1. The van der Waals surface area contributed by atoms with E-state index < -0.39 is 0 Å². The van der Waals surface area contributed by atoms with Crippen LogP contribution in [-0.4, -0.2) is 41.9 Å². The van der Waals surface area contributed by atoms with Gasteiger partial charge in [-0.05, 0) is 50.1 Å². The van der Waals surface area contributed by atoms with Gasteiger partial charge in [0.2, 0.25) is 0 Å². The molecule has 0 bridgehead atoms. The first-order valence-electron chi connectivity index (χ1n) is 7.89. The molecule has 6 heteroatoms. The van der Waals surface area contributed by atoms with Crippen molar-refractivity contribution in [1.29, 1.82) is 0 Å². The molecule has 1 unspecified atom stereocenters. The number of aryl methyl sites for hydroxylation is 1. The number of methoxy groups -OCH3 is 1. The fourth-order valence-corrected chi connectivity index (χ4v) is 2.80. The molecule has 1 saturated heterocycles. The molecule has 2 aromatic rings. The summed E-state index contributed by atoms with van der Waals surface area (Å²) in [5.74, 6) is 0.574. The van der Waals surface area contributed by atoms with Crippen LogP contribution in [0.25, 0.3) is 5.69 Å². The summed E-state index contributed by atoms with van der Waals surface area (Å²) in [5.41, 5.74) is 2.34. The van der Waals surface area contributed by atoms with Gasteiger partial charge in [0.05, 0.1) is 7.11 Å². The van der Waals surface area contributed by atoms with Crippen LogP contribution in [0.5, 0.6) is 5.75 Å². The lowest BCUT2D eigenvalue weighted by Crippen LogP contribution is -2.37. The van der Waals surface area contributed by atoms with Gasteiger partial charge in [0, 0.05) is 18.8 Å². The topological polar surface area (TPSA) is 68.2 Å². The Morgan fingerprint density at radius 2 is 2.35 bits per heavy atom. The van der Waals surface area contributed by atoms with Crippen molar-refractivity contribution in [1.82, 2.24) is 20.4 Å². The van der Waals surface area contributed by atoms with Crippen LogP contribution < -0.4 is 15.4 Å². The van der Waals surface area contributed by atoms with Crippen LogP contribution in [-0.2, 0) is 0 Å². The Hall–Kier alpha value is -2.34. The fraction of sp³-hybridized carbons (Fsp3) is 0.412. The molecule has 1 aromatic heterocycles. The van der Waals surface area contributed by atoms with Gasteiger partial charge in [0.25, 0.3) is 5.91 Å². The van der Waals surface area contributed by atoms with Crippen molar-refractivity contribution in [3.05, 3.63) is 41.7 Å². The van der Waals surface area contributed by atoms with Gasteiger partial charge in [0.1, 0.15) is 11.4 Å². The highest BCUT2D eigenvalue weighted by atomic mass is 16.5. The van der Waals surface area contributed by atoms with E-state index in [1.165, 1.54) is 6.42 Å². The number of nitrogens with one attached hydrogen (secondary N) is 2. The van der Waals surface area contributed by atoms with Crippen LogP contribution in [0.15, 0.2) is 30.5 Å². The molecule has 0 aliphatic carbocycles. The monoisotopic (exact) mass is 314 g/mol. The van der Waals surface area contributed by atoms with Crippen LogP contribution in [0.1, 0.15) is 28.9 Å². The number of aromatic nitrogens is 2. The smallest absolute Gasteiger partial charge is 0.271 e. The minimum absolute atomic E-state index is 0.149. The van der Waals surface area contributed by atoms with E-state index in [0.29, 0.717) is 18.3 Å². The number of benzene rings is 1. The summed E-state index contributed by atoms with van der Waals surface area (Å²) in [6.07, 6.45) is 4.05. The minimum atomic E-state index is -0.149. The molecule has 2 N–H and O–H groups in total. The highest BCUT2D eigenvalue weighted by Gasteiger charge is 2.17. The summed E-state index contributed by atoms with van der Waals surface area (Å²) in [4.78, 5) is 12.2. The molecule has 1 atom stereocenters. The van der Waals surface area contributed by atoms with Crippen LogP contribution in [0, 0.1) is 6.92 Å². The molecule has 2 heterocycles. The predicted molar refractivity (Wildman–Crippen MR) is 88.2 cm³/mol. The van der Waals surface area contributed by atoms with Crippen molar-refractivity contribution in [3.8, 4) is 11.4 Å². The minimum Gasteiger partial charge on any atom is -0.494 e. The molecular formula is C17H22N4O2. The summed E-state index contributed by atoms with van der Waals surface area (Å²) in [5, 5.41) is 10.7. The molecule has 1 aliphatic heterocycles. The van der Waals surface area contributed by atoms with E-state index in [4.69, 9.17) is 4.74 Å². The van der Waals surface area contributed by atoms with Crippen LogP contribution >= 0.6 is 0 Å². The Morgan fingerprint density at radius 3 is 3.09 bits per heavy atom. The highest BCUT2D eigenvalue weighted by molar-refractivity contribution is 5.92. The third-order valence-corrected chi connectivity index (χ3v) is 4.07. The van der Waals surface area contributed by atoms with E-state index in [-0.39, 0.29) is 5.91 Å². The molecule has 1 fully saturated rings. The summed E-state index contributed by atoms with van der Waals surface area (Å²) in [6.45, 7) is 3.68. The Morgan fingerprint density at radius 1 is 1.48 bits per heavy atom. The summed E-state index contributed by atoms with van der Waals surface area (Å²) in [6, 6.07) is 7.96. The maximum atomic E-state index is 12.2. The number of nitrogens with zero attached hydrogens (tertiary/aromatic N) is 2. The fourth-order valence-electron chi connectivity index (χ4n) is 2.80. The number of rotatable bonds is 5. The Labute approximate surface area is 135 Å². The molecule has 23 heavy (non-hydrogen) atoms. The van der Waals surface area contributed by atoms with Gasteiger partial charge in [-0.1, -0.05) is 6.07 Å². The van der Waals surface area contributed by atoms with Gasteiger partial charge in [0.15, 0.2) is 5.69 Å². The molecule has 1 amide bonds.